The highest BCUT2D eigenvalue weighted by atomic mass is 32.1. The number of carbonyl (C=O) groups excluding carboxylic acids is 1. The average Bonchev–Trinajstić information content (AvgIpc) is 2.75. The highest BCUT2D eigenvalue weighted by molar-refractivity contribution is 7.11. The van der Waals surface area contributed by atoms with Crippen molar-refractivity contribution in [2.75, 3.05) is 44.3 Å². The Morgan fingerprint density at radius 3 is 2.67 bits per heavy atom. The van der Waals surface area contributed by atoms with Gasteiger partial charge in [0.15, 0.2) is 5.82 Å². The number of nitrogen functional groups attached to an aromatic ring is 1. The van der Waals surface area contributed by atoms with E-state index in [4.69, 9.17) is 5.73 Å². The highest BCUT2D eigenvalue weighted by Gasteiger charge is 2.17. The predicted molar refractivity (Wildman–Crippen MR) is 76.2 cm³/mol. The van der Waals surface area contributed by atoms with E-state index in [1.54, 1.807) is 7.05 Å². The van der Waals surface area contributed by atoms with Crippen molar-refractivity contribution in [1.29, 1.82) is 0 Å². The van der Waals surface area contributed by atoms with Crippen molar-refractivity contribution in [2.45, 2.75) is 13.8 Å². The Balaban J connectivity index is 2.60. The van der Waals surface area contributed by atoms with Gasteiger partial charge in [-0.2, -0.15) is 4.37 Å². The van der Waals surface area contributed by atoms with Gasteiger partial charge in [-0.1, -0.05) is 13.8 Å². The maximum absolute atomic E-state index is 11.7. The molecule has 18 heavy (non-hydrogen) atoms. The Morgan fingerprint density at radius 1 is 1.44 bits per heavy atom. The average molecular weight is 271 g/mol. The number of hydrogen-bond donors (Lipinski definition) is 3. The van der Waals surface area contributed by atoms with Crippen LogP contribution in [0.15, 0.2) is 0 Å². The molecule has 1 amide bonds. The SMILES string of the molecule is CCN(CC)CCNc1snc(N)c1C(=O)NC. The van der Waals surface area contributed by atoms with Crippen molar-refractivity contribution in [3.8, 4) is 0 Å². The second kappa shape index (κ2) is 7.17. The second-order valence-electron chi connectivity index (χ2n) is 3.80. The van der Waals surface area contributed by atoms with Crippen molar-refractivity contribution >= 4 is 28.3 Å². The van der Waals surface area contributed by atoms with Crippen LogP contribution < -0.4 is 16.4 Å². The molecule has 102 valence electrons. The van der Waals surface area contributed by atoms with Gasteiger partial charge in [0.2, 0.25) is 0 Å². The van der Waals surface area contributed by atoms with Crippen LogP contribution in [0.2, 0.25) is 0 Å². The molecule has 0 atom stereocenters. The molecule has 1 aromatic heterocycles. The summed E-state index contributed by atoms with van der Waals surface area (Å²) in [7, 11) is 1.58. The molecule has 0 aliphatic carbocycles. The fourth-order valence-electron chi connectivity index (χ4n) is 1.63. The fraction of sp³-hybridized carbons (Fsp3) is 0.636. The normalized spacial score (nSPS) is 10.7. The highest BCUT2D eigenvalue weighted by Crippen LogP contribution is 2.26. The van der Waals surface area contributed by atoms with Crippen LogP contribution in [0.5, 0.6) is 0 Å². The Kier molecular flexibility index (Phi) is 5.87. The van der Waals surface area contributed by atoms with Gasteiger partial charge in [-0.3, -0.25) is 4.79 Å². The van der Waals surface area contributed by atoms with Gasteiger partial charge in [0.25, 0.3) is 5.91 Å². The van der Waals surface area contributed by atoms with Crippen LogP contribution in [0.3, 0.4) is 0 Å². The van der Waals surface area contributed by atoms with Crippen LogP contribution in [0.4, 0.5) is 10.8 Å². The Bertz CT molecular complexity index is 389. The summed E-state index contributed by atoms with van der Waals surface area (Å²) in [4.78, 5) is 14.0. The maximum atomic E-state index is 11.7. The summed E-state index contributed by atoms with van der Waals surface area (Å²) in [5.74, 6) is 0.0799. The minimum atomic E-state index is -0.202. The molecule has 1 heterocycles. The van der Waals surface area contributed by atoms with Gasteiger partial charge in [-0.25, -0.2) is 0 Å². The first kappa shape index (κ1) is 14.7. The number of hydrogen-bond acceptors (Lipinski definition) is 6. The Morgan fingerprint density at radius 2 is 2.11 bits per heavy atom. The molecular weight excluding hydrogens is 250 g/mol. The lowest BCUT2D eigenvalue weighted by Crippen LogP contribution is -2.29. The maximum Gasteiger partial charge on any atom is 0.257 e. The zero-order chi connectivity index (χ0) is 13.5. The van der Waals surface area contributed by atoms with Gasteiger partial charge >= 0.3 is 0 Å². The molecule has 0 radical (unpaired) electrons. The number of carbonyl (C=O) groups is 1. The van der Waals surface area contributed by atoms with Gasteiger partial charge in [0, 0.05) is 20.1 Å². The number of nitrogens with one attached hydrogen (secondary N) is 2. The molecule has 0 aromatic carbocycles. The van der Waals surface area contributed by atoms with Crippen molar-refractivity contribution < 1.29 is 4.79 Å². The zero-order valence-electron chi connectivity index (χ0n) is 11.1. The van der Waals surface area contributed by atoms with Gasteiger partial charge < -0.3 is 21.3 Å². The number of amides is 1. The Hall–Kier alpha value is -1.34. The molecule has 4 N–H and O–H groups in total. The molecule has 0 bridgehead atoms. The third kappa shape index (κ3) is 3.58. The molecule has 0 aliphatic heterocycles. The summed E-state index contributed by atoms with van der Waals surface area (Å²) >= 11 is 1.22. The van der Waals surface area contributed by atoms with Gasteiger partial charge in [0.1, 0.15) is 10.6 Å². The largest absolute Gasteiger partial charge is 0.382 e. The third-order valence-electron chi connectivity index (χ3n) is 2.78. The van der Waals surface area contributed by atoms with Crippen LogP contribution in [0.1, 0.15) is 24.2 Å². The van der Waals surface area contributed by atoms with E-state index < -0.39 is 0 Å². The fourth-order valence-corrected chi connectivity index (χ4v) is 2.37. The monoisotopic (exact) mass is 271 g/mol. The molecule has 0 saturated heterocycles. The quantitative estimate of drug-likeness (QED) is 0.684. The molecule has 0 spiro atoms. The molecule has 1 aromatic rings. The van der Waals surface area contributed by atoms with Crippen LogP contribution in [0.25, 0.3) is 0 Å². The molecule has 1 rings (SSSR count). The van der Waals surface area contributed by atoms with Crippen LogP contribution in [0, 0.1) is 0 Å². The second-order valence-corrected chi connectivity index (χ2v) is 4.58. The number of nitrogens with two attached hydrogens (primary N) is 1. The minimum absolute atomic E-state index is 0.202. The number of anilines is 2. The van der Waals surface area contributed by atoms with Crippen molar-refractivity contribution in [2.24, 2.45) is 0 Å². The summed E-state index contributed by atoms with van der Waals surface area (Å²) in [5.41, 5.74) is 6.14. The van der Waals surface area contributed by atoms with Gasteiger partial charge in [0.05, 0.1) is 0 Å². The van der Waals surface area contributed by atoms with E-state index in [0.717, 1.165) is 31.2 Å². The zero-order valence-corrected chi connectivity index (χ0v) is 11.9. The van der Waals surface area contributed by atoms with E-state index >= 15 is 0 Å². The van der Waals surface area contributed by atoms with Crippen LogP contribution in [-0.4, -0.2) is 48.4 Å². The van der Waals surface area contributed by atoms with E-state index in [0.29, 0.717) is 5.56 Å². The van der Waals surface area contributed by atoms with Crippen molar-refractivity contribution in [3.05, 3.63) is 5.56 Å². The smallest absolute Gasteiger partial charge is 0.257 e. The summed E-state index contributed by atoms with van der Waals surface area (Å²) in [5, 5.41) is 6.52. The van der Waals surface area contributed by atoms with E-state index in [2.05, 4.69) is 33.8 Å². The molecule has 0 aliphatic rings. The molecule has 0 saturated carbocycles. The summed E-state index contributed by atoms with van der Waals surface area (Å²) in [6.45, 7) is 8.00. The first-order valence-corrected chi connectivity index (χ1v) is 6.84. The summed E-state index contributed by atoms with van der Waals surface area (Å²) in [6.07, 6.45) is 0. The summed E-state index contributed by atoms with van der Waals surface area (Å²) in [6, 6.07) is 0. The standard InChI is InChI=1S/C11H21N5OS/c1-4-16(5-2)7-6-14-11-8(10(17)13-3)9(12)15-18-11/h14H,4-7H2,1-3H3,(H2,12,15)(H,13,17). The third-order valence-corrected chi connectivity index (χ3v) is 3.60. The number of aromatic nitrogens is 1. The van der Waals surface area contributed by atoms with Crippen molar-refractivity contribution in [1.82, 2.24) is 14.6 Å². The minimum Gasteiger partial charge on any atom is -0.382 e. The number of rotatable bonds is 7. The number of likely N-dealkylation sites (N-methyl/N-ethyl adjacent to an activating group) is 1. The molecule has 7 heteroatoms. The van der Waals surface area contributed by atoms with E-state index in [1.165, 1.54) is 11.5 Å². The molecule has 0 fully saturated rings. The lowest BCUT2D eigenvalue weighted by molar-refractivity contribution is 0.0965. The lowest BCUT2D eigenvalue weighted by atomic mass is 10.3. The van der Waals surface area contributed by atoms with Gasteiger partial charge in [-0.05, 0) is 24.6 Å². The lowest BCUT2D eigenvalue weighted by Gasteiger charge is -2.18. The number of nitrogens with zero attached hydrogens (tertiary/aromatic N) is 2. The van der Waals surface area contributed by atoms with E-state index in [1.807, 2.05) is 0 Å². The van der Waals surface area contributed by atoms with Crippen LogP contribution in [-0.2, 0) is 0 Å². The first-order valence-electron chi connectivity index (χ1n) is 6.07. The predicted octanol–water partition coefficient (Wildman–Crippen LogP) is 0.839. The van der Waals surface area contributed by atoms with E-state index in [-0.39, 0.29) is 11.7 Å². The molecular formula is C11H21N5OS. The van der Waals surface area contributed by atoms with Gasteiger partial charge in [-0.15, -0.1) is 0 Å². The first-order chi connectivity index (χ1) is 8.63. The summed E-state index contributed by atoms with van der Waals surface area (Å²) < 4.78 is 4.01. The van der Waals surface area contributed by atoms with Crippen LogP contribution >= 0.6 is 11.5 Å². The molecule has 6 nitrogen and oxygen atoms in total. The Labute approximate surface area is 112 Å². The van der Waals surface area contributed by atoms with Crippen molar-refractivity contribution in [3.63, 3.8) is 0 Å². The molecule has 0 unspecified atom stereocenters. The topological polar surface area (TPSA) is 83.3 Å². The van der Waals surface area contributed by atoms with E-state index in [9.17, 15) is 4.79 Å².